The Labute approximate surface area is 93.9 Å². The van der Waals surface area contributed by atoms with Crippen LogP contribution in [-0.4, -0.2) is 10.8 Å². The van der Waals surface area contributed by atoms with Crippen LogP contribution >= 0.6 is 0 Å². The minimum absolute atomic E-state index is 0.0712. The molecule has 0 fully saturated rings. The van der Waals surface area contributed by atoms with Crippen molar-refractivity contribution in [2.45, 2.75) is 6.92 Å². The lowest BCUT2D eigenvalue weighted by Crippen LogP contribution is -2.06. The molecule has 0 aliphatic heterocycles. The smallest absolute Gasteiger partial charge is 0.211 e. The molecule has 0 unspecified atom stereocenters. The second kappa shape index (κ2) is 4.14. The number of aromatic nitrogens is 1. The SMILES string of the molecule is Cc1cc(N)ccc1C(=O)c1ccccn1. The quantitative estimate of drug-likeness (QED) is 0.613. The monoisotopic (exact) mass is 212 g/mol. The lowest BCUT2D eigenvalue weighted by Gasteiger charge is -2.05. The van der Waals surface area contributed by atoms with Crippen molar-refractivity contribution in [1.82, 2.24) is 4.98 Å². The van der Waals surface area contributed by atoms with E-state index in [2.05, 4.69) is 4.98 Å². The number of nitrogens with zero attached hydrogens (tertiary/aromatic N) is 1. The van der Waals surface area contributed by atoms with Crippen molar-refractivity contribution in [2.75, 3.05) is 5.73 Å². The van der Waals surface area contributed by atoms with Crippen LogP contribution in [0.4, 0.5) is 5.69 Å². The lowest BCUT2D eigenvalue weighted by molar-refractivity contribution is 0.103. The van der Waals surface area contributed by atoms with Gasteiger partial charge in [-0.2, -0.15) is 0 Å². The number of rotatable bonds is 2. The average Bonchev–Trinajstić information content (AvgIpc) is 2.29. The fourth-order valence-electron chi connectivity index (χ4n) is 1.58. The van der Waals surface area contributed by atoms with Crippen LogP contribution in [0.3, 0.4) is 0 Å². The first kappa shape index (κ1) is 10.4. The number of aryl methyl sites for hydroxylation is 1. The van der Waals surface area contributed by atoms with Gasteiger partial charge >= 0.3 is 0 Å². The third-order valence-electron chi connectivity index (χ3n) is 2.39. The van der Waals surface area contributed by atoms with Crippen LogP contribution in [0.1, 0.15) is 21.6 Å². The molecule has 3 heteroatoms. The molecular weight excluding hydrogens is 200 g/mol. The van der Waals surface area contributed by atoms with E-state index in [1.165, 1.54) is 0 Å². The van der Waals surface area contributed by atoms with E-state index in [1.807, 2.05) is 6.92 Å². The number of pyridine rings is 1. The maximum Gasteiger partial charge on any atom is 0.211 e. The number of hydrogen-bond acceptors (Lipinski definition) is 3. The van der Waals surface area contributed by atoms with Gasteiger partial charge in [0.25, 0.3) is 0 Å². The van der Waals surface area contributed by atoms with Gasteiger partial charge in [-0.15, -0.1) is 0 Å². The standard InChI is InChI=1S/C13H12N2O/c1-9-8-10(14)5-6-11(9)13(16)12-4-2-3-7-15-12/h2-8H,14H2,1H3. The molecule has 2 rings (SSSR count). The maximum atomic E-state index is 12.1. The molecule has 0 spiro atoms. The summed E-state index contributed by atoms with van der Waals surface area (Å²) in [7, 11) is 0. The summed E-state index contributed by atoms with van der Waals surface area (Å²) >= 11 is 0. The van der Waals surface area contributed by atoms with Gasteiger partial charge in [-0.3, -0.25) is 9.78 Å². The number of benzene rings is 1. The Morgan fingerprint density at radius 3 is 2.69 bits per heavy atom. The van der Waals surface area contributed by atoms with Crippen molar-refractivity contribution in [2.24, 2.45) is 0 Å². The largest absolute Gasteiger partial charge is 0.399 e. The van der Waals surface area contributed by atoms with Crippen LogP contribution in [0.2, 0.25) is 0 Å². The van der Waals surface area contributed by atoms with E-state index in [4.69, 9.17) is 5.73 Å². The molecule has 1 heterocycles. The number of nitrogens with two attached hydrogens (primary N) is 1. The summed E-state index contributed by atoms with van der Waals surface area (Å²) in [5.74, 6) is -0.0712. The number of carbonyl (C=O) groups is 1. The summed E-state index contributed by atoms with van der Waals surface area (Å²) in [6.07, 6.45) is 1.61. The Kier molecular flexibility index (Phi) is 2.68. The van der Waals surface area contributed by atoms with E-state index in [1.54, 1.807) is 42.6 Å². The van der Waals surface area contributed by atoms with Gasteiger partial charge in [0.2, 0.25) is 5.78 Å². The van der Waals surface area contributed by atoms with Gasteiger partial charge in [0.15, 0.2) is 0 Å². The Morgan fingerprint density at radius 2 is 2.06 bits per heavy atom. The highest BCUT2D eigenvalue weighted by Gasteiger charge is 2.12. The summed E-state index contributed by atoms with van der Waals surface area (Å²) in [4.78, 5) is 16.1. The third-order valence-corrected chi connectivity index (χ3v) is 2.39. The average molecular weight is 212 g/mol. The second-order valence-electron chi connectivity index (χ2n) is 3.62. The van der Waals surface area contributed by atoms with Crippen molar-refractivity contribution < 1.29 is 4.79 Å². The van der Waals surface area contributed by atoms with Gasteiger partial charge < -0.3 is 5.73 Å². The molecule has 0 atom stereocenters. The normalized spacial score (nSPS) is 10.1. The molecule has 0 saturated carbocycles. The van der Waals surface area contributed by atoms with Crippen LogP contribution in [-0.2, 0) is 0 Å². The van der Waals surface area contributed by atoms with E-state index >= 15 is 0 Å². The Hall–Kier alpha value is -2.16. The molecule has 0 radical (unpaired) electrons. The summed E-state index contributed by atoms with van der Waals surface area (Å²) in [5.41, 5.74) is 8.27. The molecule has 0 aliphatic rings. The van der Waals surface area contributed by atoms with Gasteiger partial charge in [-0.25, -0.2) is 0 Å². The fourth-order valence-corrected chi connectivity index (χ4v) is 1.58. The minimum atomic E-state index is -0.0712. The first-order chi connectivity index (χ1) is 7.68. The number of nitrogen functional groups attached to an aromatic ring is 1. The van der Waals surface area contributed by atoms with E-state index in [0.717, 1.165) is 5.56 Å². The Balaban J connectivity index is 2.42. The van der Waals surface area contributed by atoms with Crippen LogP contribution in [0.5, 0.6) is 0 Å². The Bertz CT molecular complexity index is 521. The molecule has 1 aromatic heterocycles. The summed E-state index contributed by atoms with van der Waals surface area (Å²) in [6.45, 7) is 1.87. The number of anilines is 1. The number of carbonyl (C=O) groups excluding carboxylic acids is 1. The molecule has 3 nitrogen and oxygen atoms in total. The zero-order valence-corrected chi connectivity index (χ0v) is 8.97. The van der Waals surface area contributed by atoms with Crippen LogP contribution < -0.4 is 5.73 Å². The van der Waals surface area contributed by atoms with E-state index in [0.29, 0.717) is 16.9 Å². The van der Waals surface area contributed by atoms with Crippen LogP contribution in [0.25, 0.3) is 0 Å². The van der Waals surface area contributed by atoms with Crippen molar-refractivity contribution in [3.63, 3.8) is 0 Å². The first-order valence-electron chi connectivity index (χ1n) is 5.00. The number of hydrogen-bond donors (Lipinski definition) is 1. The zero-order chi connectivity index (χ0) is 11.5. The third kappa shape index (κ3) is 1.93. The van der Waals surface area contributed by atoms with E-state index in [9.17, 15) is 4.79 Å². The number of ketones is 1. The molecule has 0 aliphatic carbocycles. The van der Waals surface area contributed by atoms with Crippen molar-refractivity contribution in [1.29, 1.82) is 0 Å². The first-order valence-corrected chi connectivity index (χ1v) is 5.00. The molecule has 16 heavy (non-hydrogen) atoms. The highest BCUT2D eigenvalue weighted by molar-refractivity contribution is 6.08. The summed E-state index contributed by atoms with van der Waals surface area (Å²) in [5, 5.41) is 0. The highest BCUT2D eigenvalue weighted by atomic mass is 16.1. The minimum Gasteiger partial charge on any atom is -0.399 e. The molecule has 0 amide bonds. The fraction of sp³-hybridized carbons (Fsp3) is 0.0769. The highest BCUT2D eigenvalue weighted by Crippen LogP contribution is 2.15. The van der Waals surface area contributed by atoms with Crippen molar-refractivity contribution in [3.8, 4) is 0 Å². The predicted molar refractivity (Wildman–Crippen MR) is 63.3 cm³/mol. The van der Waals surface area contributed by atoms with E-state index in [-0.39, 0.29) is 5.78 Å². The van der Waals surface area contributed by atoms with E-state index < -0.39 is 0 Å². The second-order valence-corrected chi connectivity index (χ2v) is 3.62. The van der Waals surface area contributed by atoms with Crippen LogP contribution in [0, 0.1) is 6.92 Å². The molecule has 80 valence electrons. The molecule has 1 aromatic carbocycles. The molecule has 0 saturated heterocycles. The Morgan fingerprint density at radius 1 is 1.25 bits per heavy atom. The molecule has 0 bridgehead atoms. The van der Waals surface area contributed by atoms with Gasteiger partial charge in [0.05, 0.1) is 0 Å². The molecule has 2 aromatic rings. The predicted octanol–water partition coefficient (Wildman–Crippen LogP) is 2.20. The van der Waals surface area contributed by atoms with Crippen LogP contribution in [0.15, 0.2) is 42.6 Å². The lowest BCUT2D eigenvalue weighted by atomic mass is 10.0. The van der Waals surface area contributed by atoms with Gasteiger partial charge in [0.1, 0.15) is 5.69 Å². The van der Waals surface area contributed by atoms with Gasteiger partial charge in [0, 0.05) is 17.4 Å². The molecular formula is C13H12N2O. The summed E-state index contributed by atoms with van der Waals surface area (Å²) < 4.78 is 0. The topological polar surface area (TPSA) is 56.0 Å². The van der Waals surface area contributed by atoms with Crippen molar-refractivity contribution in [3.05, 3.63) is 59.4 Å². The molecule has 2 N–H and O–H groups in total. The maximum absolute atomic E-state index is 12.1. The summed E-state index contributed by atoms with van der Waals surface area (Å²) in [6, 6.07) is 10.5. The van der Waals surface area contributed by atoms with Gasteiger partial charge in [-0.1, -0.05) is 6.07 Å². The van der Waals surface area contributed by atoms with Crippen molar-refractivity contribution >= 4 is 11.5 Å². The zero-order valence-electron chi connectivity index (χ0n) is 8.97. The van der Waals surface area contributed by atoms with Gasteiger partial charge in [-0.05, 0) is 42.8 Å².